The Morgan fingerprint density at radius 2 is 0.810 bits per heavy atom. The summed E-state index contributed by atoms with van der Waals surface area (Å²) in [6, 6.07) is 65.2. The summed E-state index contributed by atoms with van der Waals surface area (Å²) >= 11 is 0. The molecule has 0 radical (unpaired) electrons. The van der Waals surface area contributed by atoms with Crippen molar-refractivity contribution in [2.45, 2.75) is 0 Å². The van der Waals surface area contributed by atoms with Gasteiger partial charge in [-0.15, -0.1) is 0 Å². The first-order valence-corrected chi connectivity index (χ1v) is 19.4. The number of para-hydroxylation sites is 2. The molecule has 0 amide bonds. The molecule has 0 saturated heterocycles. The summed E-state index contributed by atoms with van der Waals surface area (Å²) in [5, 5.41) is 8.83. The highest BCUT2D eigenvalue weighted by molar-refractivity contribution is 6.19. The lowest BCUT2D eigenvalue weighted by Crippen LogP contribution is -2.00. The van der Waals surface area contributed by atoms with E-state index in [4.69, 9.17) is 23.8 Å². The Hall–Kier alpha value is -7.89. The molecule has 5 nitrogen and oxygen atoms in total. The van der Waals surface area contributed by atoms with Gasteiger partial charge in [-0.3, -0.25) is 0 Å². The van der Waals surface area contributed by atoms with Crippen molar-refractivity contribution in [2.24, 2.45) is 0 Å². The van der Waals surface area contributed by atoms with E-state index in [9.17, 15) is 0 Å². The number of nitrogens with zero attached hydrogens (tertiary/aromatic N) is 3. The molecule has 5 heteroatoms. The summed E-state index contributed by atoms with van der Waals surface area (Å²) in [5.41, 5.74) is 10.7. The van der Waals surface area contributed by atoms with Crippen molar-refractivity contribution in [3.63, 3.8) is 0 Å². The number of rotatable bonds is 5. The largest absolute Gasteiger partial charge is 0.456 e. The highest BCUT2D eigenvalue weighted by Crippen LogP contribution is 2.42. The standard InChI is InChI=1S/C53H31N3O2/c1-2-11-32(12-3-1)33-21-23-34(24-22-33)51-54-52(37-25-27-40-36(29-37)26-28-48-49(40)42-15-6-8-18-45(42)58-48)56-53(55-51)38-30-35-13-4-5-14-39(35)44(31-38)41-17-10-20-47-50(41)43-16-7-9-19-46(43)57-47/h1-31H. The van der Waals surface area contributed by atoms with Crippen LogP contribution in [0.5, 0.6) is 0 Å². The Morgan fingerprint density at radius 3 is 1.59 bits per heavy atom. The Morgan fingerprint density at radius 1 is 0.276 bits per heavy atom. The summed E-state index contributed by atoms with van der Waals surface area (Å²) in [6.45, 7) is 0. The van der Waals surface area contributed by atoms with Gasteiger partial charge >= 0.3 is 0 Å². The molecule has 9 aromatic carbocycles. The molecule has 0 aliphatic carbocycles. The fourth-order valence-corrected chi connectivity index (χ4v) is 8.56. The molecular weight excluding hydrogens is 711 g/mol. The molecule has 3 aromatic heterocycles. The van der Waals surface area contributed by atoms with Crippen molar-refractivity contribution in [1.82, 2.24) is 15.0 Å². The summed E-state index contributed by atoms with van der Waals surface area (Å²) < 4.78 is 12.6. The molecule has 58 heavy (non-hydrogen) atoms. The van der Waals surface area contributed by atoms with Crippen LogP contribution < -0.4 is 0 Å². The van der Waals surface area contributed by atoms with Crippen molar-refractivity contribution in [3.8, 4) is 56.4 Å². The van der Waals surface area contributed by atoms with Crippen LogP contribution in [0.25, 0.3) is 122 Å². The van der Waals surface area contributed by atoms with Gasteiger partial charge in [0.15, 0.2) is 17.5 Å². The number of hydrogen-bond acceptors (Lipinski definition) is 5. The molecule has 0 spiro atoms. The van der Waals surface area contributed by atoms with Crippen molar-refractivity contribution >= 4 is 65.4 Å². The second-order valence-electron chi connectivity index (χ2n) is 14.7. The first-order valence-electron chi connectivity index (χ1n) is 19.4. The summed E-state index contributed by atoms with van der Waals surface area (Å²) in [6.07, 6.45) is 0. The maximum absolute atomic E-state index is 6.34. The average molecular weight is 742 g/mol. The van der Waals surface area contributed by atoms with Crippen LogP contribution in [0.2, 0.25) is 0 Å². The molecular formula is C53H31N3O2. The molecule has 0 aliphatic rings. The molecule has 0 atom stereocenters. The van der Waals surface area contributed by atoms with E-state index in [1.807, 2.05) is 36.4 Å². The van der Waals surface area contributed by atoms with E-state index in [0.717, 1.165) is 104 Å². The summed E-state index contributed by atoms with van der Waals surface area (Å²) in [7, 11) is 0. The highest BCUT2D eigenvalue weighted by Gasteiger charge is 2.19. The van der Waals surface area contributed by atoms with Gasteiger partial charge in [-0.25, -0.2) is 15.0 Å². The SMILES string of the molecule is c1ccc(-c2ccc(-c3nc(-c4cc(-c5cccc6oc7ccccc7c56)c5ccccc5c4)nc(-c4ccc5c(ccc6oc7ccccc7c65)c4)n3)cc2)cc1. The summed E-state index contributed by atoms with van der Waals surface area (Å²) in [5.74, 6) is 1.80. The van der Waals surface area contributed by atoms with Crippen molar-refractivity contribution in [2.75, 3.05) is 0 Å². The van der Waals surface area contributed by atoms with Gasteiger partial charge in [-0.1, -0.05) is 146 Å². The highest BCUT2D eigenvalue weighted by atomic mass is 16.3. The predicted molar refractivity (Wildman–Crippen MR) is 237 cm³/mol. The van der Waals surface area contributed by atoms with Crippen LogP contribution in [-0.4, -0.2) is 15.0 Å². The molecule has 0 unspecified atom stereocenters. The Kier molecular flexibility index (Phi) is 7.16. The lowest BCUT2D eigenvalue weighted by atomic mass is 9.92. The number of fused-ring (bicyclic) bond motifs is 9. The van der Waals surface area contributed by atoms with Gasteiger partial charge in [0.05, 0.1) is 0 Å². The van der Waals surface area contributed by atoms with Crippen LogP contribution in [0, 0.1) is 0 Å². The lowest BCUT2D eigenvalue weighted by molar-refractivity contribution is 0.668. The minimum Gasteiger partial charge on any atom is -0.456 e. The molecule has 0 N–H and O–H groups in total. The van der Waals surface area contributed by atoms with E-state index in [1.165, 1.54) is 0 Å². The summed E-state index contributed by atoms with van der Waals surface area (Å²) in [4.78, 5) is 15.7. The van der Waals surface area contributed by atoms with Crippen LogP contribution in [-0.2, 0) is 0 Å². The van der Waals surface area contributed by atoms with Crippen molar-refractivity contribution in [1.29, 1.82) is 0 Å². The fraction of sp³-hybridized carbons (Fsp3) is 0. The topological polar surface area (TPSA) is 65.0 Å². The second-order valence-corrected chi connectivity index (χ2v) is 14.7. The van der Waals surface area contributed by atoms with E-state index in [2.05, 4.69) is 152 Å². The van der Waals surface area contributed by atoms with Crippen molar-refractivity contribution in [3.05, 3.63) is 188 Å². The van der Waals surface area contributed by atoms with Crippen LogP contribution >= 0.6 is 0 Å². The van der Waals surface area contributed by atoms with Gasteiger partial charge in [0.25, 0.3) is 0 Å². The number of furan rings is 2. The monoisotopic (exact) mass is 741 g/mol. The maximum atomic E-state index is 6.34. The van der Waals surface area contributed by atoms with Gasteiger partial charge in [0.2, 0.25) is 0 Å². The normalized spacial score (nSPS) is 11.8. The average Bonchev–Trinajstić information content (AvgIpc) is 3.88. The van der Waals surface area contributed by atoms with Crippen LogP contribution in [0.15, 0.2) is 197 Å². The zero-order valence-electron chi connectivity index (χ0n) is 31.1. The molecule has 0 aliphatic heterocycles. The minimum absolute atomic E-state index is 0.597. The first kappa shape index (κ1) is 32.4. The third kappa shape index (κ3) is 5.21. The molecule has 12 aromatic rings. The number of aromatic nitrogens is 3. The molecule has 0 bridgehead atoms. The lowest BCUT2D eigenvalue weighted by Gasteiger charge is -2.13. The molecule has 0 saturated carbocycles. The van der Waals surface area contributed by atoms with Crippen LogP contribution in [0.4, 0.5) is 0 Å². The Bertz CT molecular complexity index is 3570. The smallest absolute Gasteiger partial charge is 0.164 e. The molecule has 270 valence electrons. The van der Waals surface area contributed by atoms with E-state index in [0.29, 0.717) is 17.5 Å². The van der Waals surface area contributed by atoms with Crippen LogP contribution in [0.1, 0.15) is 0 Å². The zero-order chi connectivity index (χ0) is 38.2. The minimum atomic E-state index is 0.597. The van der Waals surface area contributed by atoms with E-state index >= 15 is 0 Å². The predicted octanol–water partition coefficient (Wildman–Crippen LogP) is 14.3. The van der Waals surface area contributed by atoms with Crippen molar-refractivity contribution < 1.29 is 8.83 Å². The molecule has 12 rings (SSSR count). The van der Waals surface area contributed by atoms with Gasteiger partial charge in [-0.2, -0.15) is 0 Å². The first-order chi connectivity index (χ1) is 28.7. The fourth-order valence-electron chi connectivity index (χ4n) is 8.56. The van der Waals surface area contributed by atoms with Gasteiger partial charge in [0, 0.05) is 38.2 Å². The maximum Gasteiger partial charge on any atom is 0.164 e. The van der Waals surface area contributed by atoms with Crippen LogP contribution in [0.3, 0.4) is 0 Å². The third-order valence-corrected chi connectivity index (χ3v) is 11.3. The van der Waals surface area contributed by atoms with Gasteiger partial charge in [0.1, 0.15) is 22.3 Å². The van der Waals surface area contributed by atoms with Gasteiger partial charge in [-0.05, 0) is 86.3 Å². The van der Waals surface area contributed by atoms with Gasteiger partial charge < -0.3 is 8.83 Å². The number of hydrogen-bond donors (Lipinski definition) is 0. The third-order valence-electron chi connectivity index (χ3n) is 11.3. The quantitative estimate of drug-likeness (QED) is 0.176. The Labute approximate surface area is 332 Å². The van der Waals surface area contributed by atoms with E-state index in [1.54, 1.807) is 0 Å². The second kappa shape index (κ2) is 12.8. The van der Waals surface area contributed by atoms with E-state index in [-0.39, 0.29) is 0 Å². The zero-order valence-corrected chi connectivity index (χ0v) is 31.1. The molecule has 3 heterocycles. The molecule has 0 fully saturated rings. The van der Waals surface area contributed by atoms with E-state index < -0.39 is 0 Å². The Balaban J connectivity index is 1.07. The number of benzene rings is 9.